The van der Waals surface area contributed by atoms with Gasteiger partial charge in [-0.15, -0.1) is 0 Å². The molecule has 0 aliphatic heterocycles. The zero-order valence-corrected chi connectivity index (χ0v) is 8.39. The van der Waals surface area contributed by atoms with E-state index >= 15 is 0 Å². The van der Waals surface area contributed by atoms with Gasteiger partial charge in [0.25, 0.3) is 0 Å². The number of hydrogen-bond donors (Lipinski definition) is 2. The largest absolute Gasteiger partial charge is 0.392 e. The number of rotatable bonds is 6. The summed E-state index contributed by atoms with van der Waals surface area (Å²) in [6.07, 6.45) is -0.422. The summed E-state index contributed by atoms with van der Waals surface area (Å²) in [5, 5.41) is 11.7. The molecule has 4 nitrogen and oxygen atoms in total. The fraction of sp³-hybridized carbons (Fsp3) is 1.00. The van der Waals surface area contributed by atoms with Crippen LogP contribution in [0.25, 0.3) is 0 Å². The maximum atomic E-state index is 10.9. The molecule has 0 radical (unpaired) electrons. The second-order valence-electron chi connectivity index (χ2n) is 2.79. The van der Waals surface area contributed by atoms with E-state index in [1.54, 1.807) is 13.8 Å². The first-order valence-electron chi connectivity index (χ1n) is 4.07. The topological polar surface area (TPSA) is 66.4 Å². The standard InChI is InChI=1S/C7H17NO3S/c1-3-12(10,11)5-4-8-6-7(2)9/h7-9H,3-6H2,1-2H3. The van der Waals surface area contributed by atoms with Crippen molar-refractivity contribution in [2.75, 3.05) is 24.6 Å². The van der Waals surface area contributed by atoms with Crippen LogP contribution in [0, 0.1) is 0 Å². The molecule has 0 heterocycles. The highest BCUT2D eigenvalue weighted by Crippen LogP contribution is 1.86. The predicted molar refractivity (Wildman–Crippen MR) is 48.9 cm³/mol. The first-order valence-corrected chi connectivity index (χ1v) is 5.89. The van der Waals surface area contributed by atoms with Crippen molar-refractivity contribution in [3.05, 3.63) is 0 Å². The van der Waals surface area contributed by atoms with Crippen LogP contribution in [0.5, 0.6) is 0 Å². The highest BCUT2D eigenvalue weighted by Gasteiger charge is 2.05. The van der Waals surface area contributed by atoms with Gasteiger partial charge in [0.05, 0.1) is 11.9 Å². The van der Waals surface area contributed by atoms with Crippen LogP contribution in [-0.4, -0.2) is 44.2 Å². The number of sulfone groups is 1. The van der Waals surface area contributed by atoms with E-state index in [-0.39, 0.29) is 11.5 Å². The smallest absolute Gasteiger partial charge is 0.151 e. The van der Waals surface area contributed by atoms with Gasteiger partial charge in [-0.2, -0.15) is 0 Å². The molecule has 0 aliphatic rings. The first-order chi connectivity index (χ1) is 5.48. The monoisotopic (exact) mass is 195 g/mol. The Morgan fingerprint density at radius 2 is 2.08 bits per heavy atom. The Balaban J connectivity index is 3.45. The molecule has 2 N–H and O–H groups in total. The third kappa shape index (κ3) is 6.57. The zero-order chi connectivity index (χ0) is 9.61. The minimum Gasteiger partial charge on any atom is -0.392 e. The van der Waals surface area contributed by atoms with Gasteiger partial charge in [-0.25, -0.2) is 8.42 Å². The van der Waals surface area contributed by atoms with Crippen molar-refractivity contribution in [3.63, 3.8) is 0 Å². The van der Waals surface area contributed by atoms with Gasteiger partial charge in [0.15, 0.2) is 9.84 Å². The molecule has 0 amide bonds. The van der Waals surface area contributed by atoms with Crippen molar-refractivity contribution in [3.8, 4) is 0 Å². The Labute approximate surface area is 73.9 Å². The molecule has 0 saturated heterocycles. The first kappa shape index (κ1) is 11.9. The number of nitrogens with one attached hydrogen (secondary N) is 1. The molecule has 74 valence electrons. The average molecular weight is 195 g/mol. The maximum absolute atomic E-state index is 10.9. The molecule has 12 heavy (non-hydrogen) atoms. The Morgan fingerprint density at radius 1 is 1.50 bits per heavy atom. The van der Waals surface area contributed by atoms with Gasteiger partial charge in [0.2, 0.25) is 0 Å². The van der Waals surface area contributed by atoms with Crippen molar-refractivity contribution in [2.24, 2.45) is 0 Å². The summed E-state index contributed by atoms with van der Waals surface area (Å²) >= 11 is 0. The van der Waals surface area contributed by atoms with Crippen LogP contribution in [0.4, 0.5) is 0 Å². The minimum atomic E-state index is -2.86. The van der Waals surface area contributed by atoms with Crippen molar-refractivity contribution < 1.29 is 13.5 Å². The molecule has 0 bridgehead atoms. The van der Waals surface area contributed by atoms with Crippen molar-refractivity contribution >= 4 is 9.84 Å². The lowest BCUT2D eigenvalue weighted by Gasteiger charge is -2.06. The fourth-order valence-corrected chi connectivity index (χ4v) is 1.43. The third-order valence-corrected chi connectivity index (χ3v) is 3.18. The fourth-order valence-electron chi connectivity index (χ4n) is 0.683. The number of aliphatic hydroxyl groups excluding tert-OH is 1. The van der Waals surface area contributed by atoms with Gasteiger partial charge in [-0.05, 0) is 6.92 Å². The van der Waals surface area contributed by atoms with E-state index in [1.807, 2.05) is 0 Å². The van der Waals surface area contributed by atoms with Crippen molar-refractivity contribution in [1.82, 2.24) is 5.32 Å². The molecular weight excluding hydrogens is 178 g/mol. The Hall–Kier alpha value is -0.130. The lowest BCUT2D eigenvalue weighted by Crippen LogP contribution is -2.29. The van der Waals surface area contributed by atoms with Crippen LogP contribution in [-0.2, 0) is 9.84 Å². The van der Waals surface area contributed by atoms with Crippen LogP contribution >= 0.6 is 0 Å². The quantitative estimate of drug-likeness (QED) is 0.555. The molecule has 0 saturated carbocycles. The molecule has 1 unspecified atom stereocenters. The minimum absolute atomic E-state index is 0.149. The van der Waals surface area contributed by atoms with Gasteiger partial charge in [0, 0.05) is 18.8 Å². The Morgan fingerprint density at radius 3 is 2.50 bits per heavy atom. The lowest BCUT2D eigenvalue weighted by molar-refractivity contribution is 0.192. The normalized spacial score (nSPS) is 14.6. The Bertz CT molecular complexity index is 199. The van der Waals surface area contributed by atoms with Gasteiger partial charge in [-0.1, -0.05) is 6.92 Å². The molecule has 5 heteroatoms. The summed E-state index contributed by atoms with van der Waals surface area (Å²) < 4.78 is 21.9. The van der Waals surface area contributed by atoms with Crippen molar-refractivity contribution in [1.29, 1.82) is 0 Å². The summed E-state index contributed by atoms with van der Waals surface area (Å²) in [5.41, 5.74) is 0. The molecular formula is C7H17NO3S. The maximum Gasteiger partial charge on any atom is 0.151 e. The molecule has 1 atom stereocenters. The van der Waals surface area contributed by atoms with Crippen molar-refractivity contribution in [2.45, 2.75) is 20.0 Å². The predicted octanol–water partition coefficient (Wildman–Crippen LogP) is -0.608. The van der Waals surface area contributed by atoms with Gasteiger partial charge < -0.3 is 10.4 Å². The SMILES string of the molecule is CCS(=O)(=O)CCNCC(C)O. The molecule has 0 aliphatic carbocycles. The molecule has 0 fully saturated rings. The van der Waals surface area contributed by atoms with Gasteiger partial charge >= 0.3 is 0 Å². The molecule has 0 aromatic heterocycles. The zero-order valence-electron chi connectivity index (χ0n) is 7.58. The molecule has 0 aromatic rings. The average Bonchev–Trinajstić information content (AvgIpc) is 1.98. The summed E-state index contributed by atoms with van der Waals surface area (Å²) in [5.74, 6) is 0.333. The highest BCUT2D eigenvalue weighted by molar-refractivity contribution is 7.91. The third-order valence-electron chi connectivity index (χ3n) is 1.47. The Kier molecular flexibility index (Phi) is 5.44. The summed E-state index contributed by atoms with van der Waals surface area (Å²) in [7, 11) is -2.86. The van der Waals surface area contributed by atoms with Gasteiger partial charge in [-0.3, -0.25) is 0 Å². The van der Waals surface area contributed by atoms with Crippen LogP contribution in [0.1, 0.15) is 13.8 Å². The highest BCUT2D eigenvalue weighted by atomic mass is 32.2. The van der Waals surface area contributed by atoms with E-state index in [9.17, 15) is 8.42 Å². The molecule has 0 rings (SSSR count). The van der Waals surface area contributed by atoms with E-state index < -0.39 is 15.9 Å². The number of aliphatic hydroxyl groups is 1. The van der Waals surface area contributed by atoms with Crippen LogP contribution in [0.15, 0.2) is 0 Å². The van der Waals surface area contributed by atoms with E-state index in [0.717, 1.165) is 0 Å². The number of hydrogen-bond acceptors (Lipinski definition) is 4. The molecule has 0 spiro atoms. The van der Waals surface area contributed by atoms with E-state index in [0.29, 0.717) is 13.1 Å². The lowest BCUT2D eigenvalue weighted by atomic mass is 10.4. The van der Waals surface area contributed by atoms with Crippen LogP contribution < -0.4 is 5.32 Å². The van der Waals surface area contributed by atoms with Gasteiger partial charge in [0.1, 0.15) is 0 Å². The van der Waals surface area contributed by atoms with E-state index in [2.05, 4.69) is 5.32 Å². The van der Waals surface area contributed by atoms with E-state index in [1.165, 1.54) is 0 Å². The van der Waals surface area contributed by atoms with Crippen LogP contribution in [0.3, 0.4) is 0 Å². The molecule has 0 aromatic carbocycles. The van der Waals surface area contributed by atoms with Crippen LogP contribution in [0.2, 0.25) is 0 Å². The summed E-state index contributed by atoms with van der Waals surface area (Å²) in [4.78, 5) is 0. The second-order valence-corrected chi connectivity index (χ2v) is 5.26. The summed E-state index contributed by atoms with van der Waals surface area (Å²) in [6.45, 7) is 4.14. The van der Waals surface area contributed by atoms with E-state index in [4.69, 9.17) is 5.11 Å². The second kappa shape index (κ2) is 5.50. The summed E-state index contributed by atoms with van der Waals surface area (Å²) in [6, 6.07) is 0.